The summed E-state index contributed by atoms with van der Waals surface area (Å²) < 4.78 is 7.49. The Balaban J connectivity index is 1.24. The first kappa shape index (κ1) is 18.5. The van der Waals surface area contributed by atoms with Crippen molar-refractivity contribution >= 4 is 22.4 Å². The monoisotopic (exact) mass is 407 g/mol. The summed E-state index contributed by atoms with van der Waals surface area (Å²) in [5, 5.41) is 13.2. The second kappa shape index (κ2) is 8.08. The minimum Gasteiger partial charge on any atom is -0.438 e. The maximum atomic E-state index is 12.6. The van der Waals surface area contributed by atoms with E-state index in [9.17, 15) is 4.79 Å². The van der Waals surface area contributed by atoms with E-state index in [4.69, 9.17) is 4.74 Å². The van der Waals surface area contributed by atoms with Crippen LogP contribution in [0, 0.1) is 0 Å². The molecule has 1 amide bonds. The number of fused-ring (bicyclic) bond motifs is 1. The molecule has 0 aliphatic heterocycles. The normalized spacial score (nSPS) is 10.7. The number of aromatic nitrogens is 4. The molecular formula is C24H17N5O2. The SMILES string of the molecule is O=C(Nc1ccc(Oc2ccc(-n3ccnc3)nn2)cc1)c1ccc2ccccc2c1. The average molecular weight is 407 g/mol. The predicted octanol–water partition coefficient (Wildman–Crippen LogP) is 4.86. The van der Waals surface area contributed by atoms with Crippen LogP contribution in [0.25, 0.3) is 16.6 Å². The lowest BCUT2D eigenvalue weighted by Crippen LogP contribution is -2.11. The smallest absolute Gasteiger partial charge is 0.255 e. The summed E-state index contributed by atoms with van der Waals surface area (Å²) in [6, 6.07) is 24.2. The standard InChI is InChI=1S/C24H17N5O2/c30-24(19-6-5-17-3-1-2-4-18(17)15-19)26-20-7-9-21(10-8-20)31-23-12-11-22(27-28-23)29-14-13-25-16-29/h1-16H,(H,26,30). The number of hydrogen-bond acceptors (Lipinski definition) is 5. The molecule has 0 radical (unpaired) electrons. The molecule has 0 bridgehead atoms. The van der Waals surface area contributed by atoms with Crippen molar-refractivity contribution in [3.05, 3.63) is 103 Å². The Morgan fingerprint density at radius 1 is 0.871 bits per heavy atom. The van der Waals surface area contributed by atoms with Crippen LogP contribution in [0.1, 0.15) is 10.4 Å². The number of rotatable bonds is 5. The number of carbonyl (C=O) groups is 1. The van der Waals surface area contributed by atoms with Crippen molar-refractivity contribution in [1.82, 2.24) is 19.7 Å². The van der Waals surface area contributed by atoms with E-state index in [-0.39, 0.29) is 5.91 Å². The van der Waals surface area contributed by atoms with Crippen molar-refractivity contribution < 1.29 is 9.53 Å². The van der Waals surface area contributed by atoms with Gasteiger partial charge >= 0.3 is 0 Å². The maximum Gasteiger partial charge on any atom is 0.255 e. The molecule has 3 aromatic carbocycles. The highest BCUT2D eigenvalue weighted by Crippen LogP contribution is 2.22. The predicted molar refractivity (Wildman–Crippen MR) is 118 cm³/mol. The molecule has 2 heterocycles. The fourth-order valence-corrected chi connectivity index (χ4v) is 3.16. The van der Waals surface area contributed by atoms with Gasteiger partial charge in [-0.15, -0.1) is 10.2 Å². The molecule has 31 heavy (non-hydrogen) atoms. The highest BCUT2D eigenvalue weighted by Gasteiger charge is 2.08. The Kier molecular flexibility index (Phi) is 4.82. The van der Waals surface area contributed by atoms with E-state index in [1.807, 2.05) is 42.5 Å². The molecule has 0 saturated carbocycles. The lowest BCUT2D eigenvalue weighted by atomic mass is 10.1. The molecule has 0 fully saturated rings. The Morgan fingerprint density at radius 2 is 1.71 bits per heavy atom. The lowest BCUT2D eigenvalue weighted by molar-refractivity contribution is 0.102. The minimum absolute atomic E-state index is 0.166. The van der Waals surface area contributed by atoms with E-state index in [2.05, 4.69) is 20.5 Å². The summed E-state index contributed by atoms with van der Waals surface area (Å²) in [6.45, 7) is 0. The van der Waals surface area contributed by atoms with Gasteiger partial charge in [0.15, 0.2) is 5.82 Å². The number of anilines is 1. The van der Waals surface area contributed by atoms with Gasteiger partial charge in [0.25, 0.3) is 5.91 Å². The van der Waals surface area contributed by atoms with Gasteiger partial charge in [0.1, 0.15) is 12.1 Å². The zero-order valence-corrected chi connectivity index (χ0v) is 16.3. The molecule has 0 unspecified atom stereocenters. The first-order valence-corrected chi connectivity index (χ1v) is 9.65. The van der Waals surface area contributed by atoms with Crippen LogP contribution >= 0.6 is 0 Å². The third kappa shape index (κ3) is 4.11. The van der Waals surface area contributed by atoms with Gasteiger partial charge in [-0.05, 0) is 53.2 Å². The molecule has 7 nitrogen and oxygen atoms in total. The summed E-state index contributed by atoms with van der Waals surface area (Å²) in [6.07, 6.45) is 5.11. The van der Waals surface area contributed by atoms with Crippen LogP contribution < -0.4 is 10.1 Å². The third-order valence-electron chi connectivity index (χ3n) is 4.74. The minimum atomic E-state index is -0.166. The average Bonchev–Trinajstić information content (AvgIpc) is 3.35. The van der Waals surface area contributed by atoms with Gasteiger partial charge < -0.3 is 10.1 Å². The molecule has 150 valence electrons. The fourth-order valence-electron chi connectivity index (χ4n) is 3.16. The lowest BCUT2D eigenvalue weighted by Gasteiger charge is -2.08. The summed E-state index contributed by atoms with van der Waals surface area (Å²) in [5.74, 6) is 1.45. The van der Waals surface area contributed by atoms with E-state index in [0.717, 1.165) is 10.8 Å². The van der Waals surface area contributed by atoms with Crippen LogP contribution in [0.3, 0.4) is 0 Å². The molecule has 0 saturated heterocycles. The molecule has 0 atom stereocenters. The number of hydrogen-bond donors (Lipinski definition) is 1. The molecular weight excluding hydrogens is 390 g/mol. The van der Waals surface area contributed by atoms with Crippen molar-refractivity contribution in [2.75, 3.05) is 5.32 Å². The van der Waals surface area contributed by atoms with Crippen LogP contribution in [0.4, 0.5) is 5.69 Å². The van der Waals surface area contributed by atoms with Gasteiger partial charge in [0, 0.05) is 29.7 Å². The summed E-state index contributed by atoms with van der Waals surface area (Å²) in [4.78, 5) is 16.6. The van der Waals surface area contributed by atoms with E-state index < -0.39 is 0 Å². The molecule has 2 aromatic heterocycles. The van der Waals surface area contributed by atoms with Gasteiger partial charge in [-0.3, -0.25) is 9.36 Å². The molecule has 0 aliphatic carbocycles. The zero-order valence-electron chi connectivity index (χ0n) is 16.3. The van der Waals surface area contributed by atoms with E-state index in [1.165, 1.54) is 0 Å². The highest BCUT2D eigenvalue weighted by atomic mass is 16.5. The van der Waals surface area contributed by atoms with E-state index >= 15 is 0 Å². The first-order chi connectivity index (χ1) is 15.2. The quantitative estimate of drug-likeness (QED) is 0.450. The Morgan fingerprint density at radius 3 is 2.45 bits per heavy atom. The van der Waals surface area contributed by atoms with E-state index in [1.54, 1.807) is 59.7 Å². The molecule has 7 heteroatoms. The zero-order chi connectivity index (χ0) is 21.0. The van der Waals surface area contributed by atoms with Gasteiger partial charge in [-0.1, -0.05) is 30.3 Å². The van der Waals surface area contributed by atoms with E-state index in [0.29, 0.717) is 28.7 Å². The Hall–Kier alpha value is -4.52. The number of benzene rings is 3. The fraction of sp³-hybridized carbons (Fsp3) is 0. The summed E-state index contributed by atoms with van der Waals surface area (Å²) >= 11 is 0. The van der Waals surface area contributed by atoms with Gasteiger partial charge in [-0.25, -0.2) is 4.98 Å². The first-order valence-electron chi connectivity index (χ1n) is 9.65. The third-order valence-corrected chi connectivity index (χ3v) is 4.74. The van der Waals surface area contributed by atoms with Crippen LogP contribution in [-0.4, -0.2) is 25.7 Å². The van der Waals surface area contributed by atoms with Crippen molar-refractivity contribution in [3.8, 4) is 17.4 Å². The topological polar surface area (TPSA) is 81.9 Å². The van der Waals surface area contributed by atoms with Gasteiger partial charge in [0.2, 0.25) is 5.88 Å². The summed E-state index contributed by atoms with van der Waals surface area (Å²) in [7, 11) is 0. The molecule has 5 rings (SSSR count). The van der Waals surface area contributed by atoms with Crippen molar-refractivity contribution in [2.24, 2.45) is 0 Å². The number of nitrogens with zero attached hydrogens (tertiary/aromatic N) is 4. The summed E-state index contributed by atoms with van der Waals surface area (Å²) in [5.41, 5.74) is 1.28. The highest BCUT2D eigenvalue weighted by molar-refractivity contribution is 6.06. The Labute approximate surface area is 178 Å². The number of amides is 1. The number of carbonyl (C=O) groups excluding carboxylic acids is 1. The van der Waals surface area contributed by atoms with Crippen LogP contribution in [-0.2, 0) is 0 Å². The van der Waals surface area contributed by atoms with Crippen LogP contribution in [0.2, 0.25) is 0 Å². The van der Waals surface area contributed by atoms with Gasteiger partial charge in [0.05, 0.1) is 0 Å². The van der Waals surface area contributed by atoms with Gasteiger partial charge in [-0.2, -0.15) is 0 Å². The second-order valence-corrected chi connectivity index (χ2v) is 6.84. The second-order valence-electron chi connectivity index (χ2n) is 6.84. The van der Waals surface area contributed by atoms with Crippen molar-refractivity contribution in [1.29, 1.82) is 0 Å². The molecule has 1 N–H and O–H groups in total. The molecule has 0 aliphatic rings. The molecule has 0 spiro atoms. The van der Waals surface area contributed by atoms with Crippen molar-refractivity contribution in [3.63, 3.8) is 0 Å². The van der Waals surface area contributed by atoms with Crippen LogP contribution in [0.15, 0.2) is 97.6 Å². The largest absolute Gasteiger partial charge is 0.438 e. The van der Waals surface area contributed by atoms with Crippen LogP contribution in [0.5, 0.6) is 11.6 Å². The molecule has 5 aromatic rings. The number of nitrogens with one attached hydrogen (secondary N) is 1. The van der Waals surface area contributed by atoms with Crippen molar-refractivity contribution in [2.45, 2.75) is 0 Å². The maximum absolute atomic E-state index is 12.6. The number of imidazole rings is 1. The number of ether oxygens (including phenoxy) is 1. The Bertz CT molecular complexity index is 1330.